The standard InChI is InChI=1S/C10H12N2O3S/c1-6-5-16(14,15)9-4-7(11)2-3-8(9)12-10(6)13/h2-4,6H,5,11H2,1H3,(H,12,13). The third-order valence-corrected chi connectivity index (χ3v) is 4.46. The monoisotopic (exact) mass is 240 g/mol. The molecule has 0 spiro atoms. The number of benzene rings is 1. The molecule has 1 aliphatic heterocycles. The van der Waals surface area contributed by atoms with Crippen molar-refractivity contribution in [3.63, 3.8) is 0 Å². The fraction of sp³-hybridized carbons (Fsp3) is 0.300. The molecule has 3 N–H and O–H groups in total. The second-order valence-electron chi connectivity index (χ2n) is 3.93. The molecule has 1 unspecified atom stereocenters. The van der Waals surface area contributed by atoms with Crippen LogP contribution in [0.5, 0.6) is 0 Å². The van der Waals surface area contributed by atoms with Crippen LogP contribution in [0.2, 0.25) is 0 Å². The molecule has 1 heterocycles. The molecule has 0 radical (unpaired) electrons. The Balaban J connectivity index is 2.66. The molecule has 1 amide bonds. The van der Waals surface area contributed by atoms with Gasteiger partial charge in [0.2, 0.25) is 5.91 Å². The topological polar surface area (TPSA) is 89.3 Å². The van der Waals surface area contributed by atoms with E-state index in [0.717, 1.165) is 0 Å². The fourth-order valence-corrected chi connectivity index (χ4v) is 3.41. The second kappa shape index (κ2) is 3.48. The number of amides is 1. The van der Waals surface area contributed by atoms with E-state index in [4.69, 9.17) is 5.73 Å². The van der Waals surface area contributed by atoms with Crippen LogP contribution in [0.4, 0.5) is 11.4 Å². The molecule has 0 saturated carbocycles. The number of anilines is 2. The molecule has 2 rings (SSSR count). The molecule has 16 heavy (non-hydrogen) atoms. The Bertz CT molecular complexity index is 551. The molecule has 1 aromatic rings. The molecule has 1 atom stereocenters. The highest BCUT2D eigenvalue weighted by Gasteiger charge is 2.30. The van der Waals surface area contributed by atoms with Crippen molar-refractivity contribution in [3.8, 4) is 0 Å². The van der Waals surface area contributed by atoms with E-state index < -0.39 is 15.8 Å². The van der Waals surface area contributed by atoms with Crippen molar-refractivity contribution >= 4 is 27.1 Å². The first-order valence-corrected chi connectivity index (χ1v) is 6.48. The lowest BCUT2D eigenvalue weighted by molar-refractivity contribution is -0.118. The zero-order valence-electron chi connectivity index (χ0n) is 8.73. The molecular formula is C10H12N2O3S. The van der Waals surface area contributed by atoms with Crippen LogP contribution < -0.4 is 11.1 Å². The molecule has 0 saturated heterocycles. The SMILES string of the molecule is CC1CS(=O)(=O)c2cc(N)ccc2NC1=O. The highest BCUT2D eigenvalue weighted by atomic mass is 32.2. The third-order valence-electron chi connectivity index (χ3n) is 2.52. The van der Waals surface area contributed by atoms with E-state index >= 15 is 0 Å². The lowest BCUT2D eigenvalue weighted by atomic mass is 10.2. The van der Waals surface area contributed by atoms with Crippen molar-refractivity contribution in [1.29, 1.82) is 0 Å². The maximum Gasteiger partial charge on any atom is 0.228 e. The van der Waals surface area contributed by atoms with Gasteiger partial charge in [0.1, 0.15) is 0 Å². The Kier molecular flexibility index (Phi) is 2.38. The summed E-state index contributed by atoms with van der Waals surface area (Å²) in [5.41, 5.74) is 6.22. The van der Waals surface area contributed by atoms with Crippen LogP contribution in [0, 0.1) is 5.92 Å². The minimum atomic E-state index is -3.45. The first-order chi connectivity index (χ1) is 7.40. The number of hydrogen-bond donors (Lipinski definition) is 2. The number of carbonyl (C=O) groups is 1. The molecule has 0 bridgehead atoms. The summed E-state index contributed by atoms with van der Waals surface area (Å²) in [6.07, 6.45) is 0. The quantitative estimate of drug-likeness (QED) is 0.651. The molecular weight excluding hydrogens is 228 g/mol. The smallest absolute Gasteiger partial charge is 0.228 e. The summed E-state index contributed by atoms with van der Waals surface area (Å²) < 4.78 is 23.9. The summed E-state index contributed by atoms with van der Waals surface area (Å²) >= 11 is 0. The number of nitrogens with one attached hydrogen (secondary N) is 1. The number of fused-ring (bicyclic) bond motifs is 1. The fourth-order valence-electron chi connectivity index (χ4n) is 1.65. The molecule has 1 aromatic carbocycles. The molecule has 86 valence electrons. The molecule has 1 aliphatic rings. The lowest BCUT2D eigenvalue weighted by Crippen LogP contribution is -2.22. The van der Waals surface area contributed by atoms with Crippen molar-refractivity contribution in [2.24, 2.45) is 5.92 Å². The molecule has 5 nitrogen and oxygen atoms in total. The maximum absolute atomic E-state index is 12.0. The van der Waals surface area contributed by atoms with E-state index in [1.165, 1.54) is 12.1 Å². The minimum absolute atomic E-state index is 0.102. The van der Waals surface area contributed by atoms with Crippen molar-refractivity contribution in [1.82, 2.24) is 0 Å². The highest BCUT2D eigenvalue weighted by molar-refractivity contribution is 7.91. The van der Waals surface area contributed by atoms with E-state index in [1.807, 2.05) is 0 Å². The average molecular weight is 240 g/mol. The van der Waals surface area contributed by atoms with Crippen LogP contribution >= 0.6 is 0 Å². The van der Waals surface area contributed by atoms with E-state index in [2.05, 4.69) is 5.32 Å². The van der Waals surface area contributed by atoms with Crippen LogP contribution in [0.15, 0.2) is 23.1 Å². The number of nitrogens with two attached hydrogens (primary N) is 1. The van der Waals surface area contributed by atoms with Gasteiger partial charge in [0.15, 0.2) is 9.84 Å². The summed E-state index contributed by atoms with van der Waals surface area (Å²) in [5.74, 6) is -1.03. The Morgan fingerprint density at radius 1 is 1.44 bits per heavy atom. The maximum atomic E-state index is 12.0. The number of carbonyl (C=O) groups excluding carboxylic acids is 1. The van der Waals surface area contributed by atoms with Crippen LogP contribution in [0.1, 0.15) is 6.92 Å². The van der Waals surface area contributed by atoms with Gasteiger partial charge in [0.25, 0.3) is 0 Å². The van der Waals surface area contributed by atoms with Crippen LogP contribution in [0.3, 0.4) is 0 Å². The number of rotatable bonds is 0. The van der Waals surface area contributed by atoms with E-state index in [9.17, 15) is 13.2 Å². The van der Waals surface area contributed by atoms with Crippen molar-refractivity contribution < 1.29 is 13.2 Å². The lowest BCUT2D eigenvalue weighted by Gasteiger charge is -2.06. The zero-order chi connectivity index (χ0) is 11.9. The number of sulfone groups is 1. The van der Waals surface area contributed by atoms with Crippen LogP contribution in [-0.2, 0) is 14.6 Å². The van der Waals surface area contributed by atoms with Crippen molar-refractivity contribution in [2.45, 2.75) is 11.8 Å². The number of nitrogen functional groups attached to an aromatic ring is 1. The molecule has 0 aliphatic carbocycles. The van der Waals surface area contributed by atoms with Crippen LogP contribution in [0.25, 0.3) is 0 Å². The van der Waals surface area contributed by atoms with Gasteiger partial charge in [-0.05, 0) is 18.2 Å². The summed E-state index contributed by atoms with van der Waals surface area (Å²) in [7, 11) is -3.45. The van der Waals surface area contributed by atoms with Gasteiger partial charge in [-0.1, -0.05) is 6.92 Å². The molecule has 6 heteroatoms. The van der Waals surface area contributed by atoms with Gasteiger partial charge in [-0.3, -0.25) is 4.79 Å². The van der Waals surface area contributed by atoms with Crippen LogP contribution in [-0.4, -0.2) is 20.1 Å². The van der Waals surface area contributed by atoms with E-state index in [0.29, 0.717) is 11.4 Å². The van der Waals surface area contributed by atoms with Gasteiger partial charge in [-0.25, -0.2) is 8.42 Å². The first-order valence-electron chi connectivity index (χ1n) is 4.83. The Labute approximate surface area is 93.6 Å². The van der Waals surface area contributed by atoms with E-state index in [1.54, 1.807) is 13.0 Å². The predicted molar refractivity (Wildman–Crippen MR) is 60.7 cm³/mol. The summed E-state index contributed by atoms with van der Waals surface area (Å²) in [6.45, 7) is 1.59. The largest absolute Gasteiger partial charge is 0.399 e. The predicted octanol–water partition coefficient (Wildman–Crippen LogP) is 0.631. The molecule has 0 fully saturated rings. The Morgan fingerprint density at radius 2 is 2.12 bits per heavy atom. The summed E-state index contributed by atoms with van der Waals surface area (Å²) in [5, 5.41) is 2.58. The normalized spacial score (nSPS) is 23.1. The van der Waals surface area contributed by atoms with Gasteiger partial charge in [0, 0.05) is 11.6 Å². The zero-order valence-corrected chi connectivity index (χ0v) is 9.54. The summed E-state index contributed by atoms with van der Waals surface area (Å²) in [4.78, 5) is 11.6. The van der Waals surface area contributed by atoms with Gasteiger partial charge < -0.3 is 11.1 Å². The van der Waals surface area contributed by atoms with Crippen molar-refractivity contribution in [2.75, 3.05) is 16.8 Å². The van der Waals surface area contributed by atoms with Gasteiger partial charge in [-0.2, -0.15) is 0 Å². The van der Waals surface area contributed by atoms with Gasteiger partial charge in [0.05, 0.1) is 16.3 Å². The first kappa shape index (κ1) is 10.9. The van der Waals surface area contributed by atoms with Crippen molar-refractivity contribution in [3.05, 3.63) is 18.2 Å². The highest BCUT2D eigenvalue weighted by Crippen LogP contribution is 2.29. The minimum Gasteiger partial charge on any atom is -0.399 e. The molecule has 0 aromatic heterocycles. The Hall–Kier alpha value is -1.56. The third kappa shape index (κ3) is 1.76. The van der Waals surface area contributed by atoms with Gasteiger partial charge in [-0.15, -0.1) is 0 Å². The number of hydrogen-bond acceptors (Lipinski definition) is 4. The van der Waals surface area contributed by atoms with Gasteiger partial charge >= 0.3 is 0 Å². The van der Waals surface area contributed by atoms with E-state index in [-0.39, 0.29) is 16.6 Å². The average Bonchev–Trinajstić information content (AvgIpc) is 2.26. The Morgan fingerprint density at radius 3 is 2.81 bits per heavy atom. The second-order valence-corrected chi connectivity index (χ2v) is 5.93. The summed E-state index contributed by atoms with van der Waals surface area (Å²) in [6, 6.07) is 4.45.